The molecule has 3 aromatic rings. The smallest absolute Gasteiger partial charge is 0.280 e. The molecule has 32 heavy (non-hydrogen) atoms. The van der Waals surface area contributed by atoms with Crippen molar-refractivity contribution in [2.24, 2.45) is 4.99 Å². The summed E-state index contributed by atoms with van der Waals surface area (Å²) >= 11 is 1.18. The monoisotopic (exact) mass is 462 g/mol. The third-order valence-corrected chi connectivity index (χ3v) is 5.52. The first kappa shape index (κ1) is 22.8. The number of nitrogens with zero attached hydrogens (tertiary/aromatic N) is 4. The van der Waals surface area contributed by atoms with Crippen LogP contribution in [0.4, 0.5) is 11.4 Å². The second kappa shape index (κ2) is 9.53. The number of fused-ring (bicyclic) bond motifs is 1. The van der Waals surface area contributed by atoms with Crippen molar-refractivity contribution in [1.29, 1.82) is 0 Å². The van der Waals surface area contributed by atoms with Gasteiger partial charge < -0.3 is 18.8 Å². The molecule has 13 heteroatoms. The van der Waals surface area contributed by atoms with Crippen LogP contribution in [0.25, 0.3) is 10.2 Å². The minimum absolute atomic E-state index is 0.267. The van der Waals surface area contributed by atoms with E-state index in [2.05, 4.69) is 4.99 Å². The molecule has 0 spiro atoms. The molecule has 3 rings (SSSR count). The Labute approximate surface area is 184 Å². The molecule has 0 radical (unpaired) electrons. The molecule has 12 nitrogen and oxygen atoms in total. The molecule has 1 aromatic heterocycles. The number of nitro groups is 2. The molecule has 0 atom stereocenters. The number of hydrogen-bond donors (Lipinski definition) is 0. The lowest BCUT2D eigenvalue weighted by atomic mass is 10.1. The molecular weight excluding hydrogens is 444 g/mol. The third-order valence-electron chi connectivity index (χ3n) is 4.48. The average Bonchev–Trinajstić information content (AvgIpc) is 3.11. The van der Waals surface area contributed by atoms with Crippen LogP contribution < -0.4 is 14.3 Å². The van der Waals surface area contributed by atoms with Gasteiger partial charge in [0.25, 0.3) is 17.3 Å². The topological polar surface area (TPSA) is 148 Å². The van der Waals surface area contributed by atoms with Crippen molar-refractivity contribution >= 4 is 38.8 Å². The number of thiazole rings is 1. The van der Waals surface area contributed by atoms with E-state index < -0.39 is 27.1 Å². The van der Waals surface area contributed by atoms with Crippen molar-refractivity contribution in [3.63, 3.8) is 0 Å². The largest absolute Gasteiger partial charge is 0.493 e. The summed E-state index contributed by atoms with van der Waals surface area (Å²) in [4.78, 5) is 37.8. The Morgan fingerprint density at radius 2 is 1.59 bits per heavy atom. The first-order valence-corrected chi connectivity index (χ1v) is 9.88. The van der Waals surface area contributed by atoms with Crippen LogP contribution in [0.5, 0.6) is 11.5 Å². The molecule has 0 aliphatic heterocycles. The number of nitro benzene ring substituents is 2. The minimum atomic E-state index is -0.853. The molecular formula is C19H18N4O8S. The van der Waals surface area contributed by atoms with Crippen LogP contribution in [0.15, 0.2) is 35.3 Å². The Hall–Kier alpha value is -3.84. The number of carbonyl (C=O) groups excluding carboxylic acids is 1. The van der Waals surface area contributed by atoms with E-state index in [1.807, 2.05) is 0 Å². The fourth-order valence-electron chi connectivity index (χ4n) is 2.96. The fraction of sp³-hybridized carbons (Fsp3) is 0.263. The molecule has 1 heterocycles. The summed E-state index contributed by atoms with van der Waals surface area (Å²) in [5.41, 5.74) is -0.704. The zero-order chi connectivity index (χ0) is 23.4. The summed E-state index contributed by atoms with van der Waals surface area (Å²) in [5, 5.41) is 22.2. The van der Waals surface area contributed by atoms with Crippen molar-refractivity contribution in [2.45, 2.75) is 6.54 Å². The zero-order valence-corrected chi connectivity index (χ0v) is 18.1. The van der Waals surface area contributed by atoms with Crippen LogP contribution in [-0.2, 0) is 11.3 Å². The second-order valence-corrected chi connectivity index (χ2v) is 7.38. The number of rotatable bonds is 8. The lowest BCUT2D eigenvalue weighted by Gasteiger charge is -2.09. The lowest BCUT2D eigenvalue weighted by Crippen LogP contribution is -2.19. The molecule has 2 aromatic carbocycles. The van der Waals surface area contributed by atoms with Gasteiger partial charge in [0, 0.05) is 37.9 Å². The van der Waals surface area contributed by atoms with E-state index in [1.54, 1.807) is 16.7 Å². The molecule has 168 valence electrons. The highest BCUT2D eigenvalue weighted by Crippen LogP contribution is 2.33. The van der Waals surface area contributed by atoms with E-state index in [-0.39, 0.29) is 10.4 Å². The van der Waals surface area contributed by atoms with Gasteiger partial charge in [-0.05, 0) is 0 Å². The molecule has 0 aliphatic carbocycles. The van der Waals surface area contributed by atoms with Gasteiger partial charge in [0.1, 0.15) is 0 Å². The van der Waals surface area contributed by atoms with E-state index in [1.165, 1.54) is 32.7 Å². The highest BCUT2D eigenvalue weighted by atomic mass is 32.1. The summed E-state index contributed by atoms with van der Waals surface area (Å²) in [6, 6.07) is 6.18. The van der Waals surface area contributed by atoms with Gasteiger partial charge in [-0.3, -0.25) is 25.0 Å². The molecule has 0 saturated heterocycles. The molecule has 0 unspecified atom stereocenters. The van der Waals surface area contributed by atoms with Gasteiger partial charge in [0.05, 0.1) is 52.5 Å². The van der Waals surface area contributed by atoms with Gasteiger partial charge in [-0.15, -0.1) is 0 Å². The lowest BCUT2D eigenvalue weighted by molar-refractivity contribution is -0.394. The van der Waals surface area contributed by atoms with Crippen molar-refractivity contribution in [2.75, 3.05) is 27.9 Å². The van der Waals surface area contributed by atoms with Gasteiger partial charge in [-0.2, -0.15) is 4.99 Å². The van der Waals surface area contributed by atoms with Crippen LogP contribution in [0.2, 0.25) is 0 Å². The average molecular weight is 462 g/mol. The van der Waals surface area contributed by atoms with E-state index in [0.29, 0.717) is 30.2 Å². The number of hydrogen-bond acceptors (Lipinski definition) is 9. The summed E-state index contributed by atoms with van der Waals surface area (Å²) in [7, 11) is 4.53. The first-order valence-electron chi connectivity index (χ1n) is 9.06. The summed E-state index contributed by atoms with van der Waals surface area (Å²) < 4.78 is 18.3. The van der Waals surface area contributed by atoms with Gasteiger partial charge in [-0.25, -0.2) is 0 Å². The Morgan fingerprint density at radius 3 is 2.12 bits per heavy atom. The first-order chi connectivity index (χ1) is 15.3. The maximum Gasteiger partial charge on any atom is 0.280 e. The Balaban J connectivity index is 2.19. The van der Waals surface area contributed by atoms with Gasteiger partial charge in [0.15, 0.2) is 16.3 Å². The van der Waals surface area contributed by atoms with Crippen LogP contribution in [-0.4, -0.2) is 48.3 Å². The van der Waals surface area contributed by atoms with Gasteiger partial charge in [-0.1, -0.05) is 11.3 Å². The highest BCUT2D eigenvalue weighted by Gasteiger charge is 2.20. The Bertz CT molecular complexity index is 1250. The normalized spacial score (nSPS) is 11.5. The molecule has 0 N–H and O–H groups in total. The van der Waals surface area contributed by atoms with Crippen LogP contribution in [0.3, 0.4) is 0 Å². The second-order valence-electron chi connectivity index (χ2n) is 6.37. The van der Waals surface area contributed by atoms with Gasteiger partial charge in [0.2, 0.25) is 0 Å². The Morgan fingerprint density at radius 1 is 1.00 bits per heavy atom. The number of non-ortho nitro benzene ring substituents is 2. The fourth-order valence-corrected chi connectivity index (χ4v) is 4.03. The van der Waals surface area contributed by atoms with E-state index in [0.717, 1.165) is 22.9 Å². The van der Waals surface area contributed by atoms with E-state index in [4.69, 9.17) is 14.2 Å². The van der Waals surface area contributed by atoms with Gasteiger partial charge >= 0.3 is 0 Å². The molecule has 0 fully saturated rings. The van der Waals surface area contributed by atoms with Crippen molar-refractivity contribution in [1.82, 2.24) is 4.57 Å². The summed E-state index contributed by atoms with van der Waals surface area (Å²) in [5.74, 6) is 0.122. The highest BCUT2D eigenvalue weighted by molar-refractivity contribution is 7.16. The third kappa shape index (κ3) is 4.58. The number of benzene rings is 2. The standard InChI is InChI=1S/C19H18N4O8S/c1-29-5-4-21-14-9-15(30-2)16(31-3)10-17(14)32-19(21)20-18(24)11-6-12(22(25)26)8-13(7-11)23(27)28/h6-10H,4-5H2,1-3H3. The van der Waals surface area contributed by atoms with Crippen molar-refractivity contribution in [3.05, 3.63) is 60.9 Å². The predicted octanol–water partition coefficient (Wildman–Crippen LogP) is 2.92. The minimum Gasteiger partial charge on any atom is -0.493 e. The number of methoxy groups -OCH3 is 3. The molecule has 0 saturated carbocycles. The maximum atomic E-state index is 12.8. The van der Waals surface area contributed by atoms with E-state index >= 15 is 0 Å². The number of amides is 1. The number of ether oxygens (including phenoxy) is 3. The van der Waals surface area contributed by atoms with Crippen LogP contribution in [0.1, 0.15) is 10.4 Å². The zero-order valence-electron chi connectivity index (χ0n) is 17.3. The van der Waals surface area contributed by atoms with E-state index in [9.17, 15) is 25.0 Å². The molecule has 1 amide bonds. The molecule has 0 aliphatic rings. The Kier molecular flexibility index (Phi) is 6.80. The predicted molar refractivity (Wildman–Crippen MR) is 114 cm³/mol. The SMILES string of the molecule is COCCn1c(=NC(=O)c2cc([N+](=O)[O-])cc([N+](=O)[O-])c2)sc2cc(OC)c(OC)cc21. The van der Waals surface area contributed by atoms with Crippen LogP contribution >= 0.6 is 11.3 Å². The quantitative estimate of drug-likeness (QED) is 0.366. The summed E-state index contributed by atoms with van der Waals surface area (Å²) in [6.07, 6.45) is 0. The number of carbonyl (C=O) groups is 1. The van der Waals surface area contributed by atoms with Crippen molar-refractivity contribution in [3.8, 4) is 11.5 Å². The maximum absolute atomic E-state index is 12.8. The van der Waals surface area contributed by atoms with Crippen LogP contribution in [0, 0.1) is 20.2 Å². The molecule has 0 bridgehead atoms. The summed E-state index contributed by atoms with van der Waals surface area (Å²) in [6.45, 7) is 0.678. The van der Waals surface area contributed by atoms with Crippen molar-refractivity contribution < 1.29 is 28.9 Å². The number of aromatic nitrogens is 1.